The fourth-order valence-electron chi connectivity index (χ4n) is 2.42. The maximum absolute atomic E-state index is 11.3. The lowest BCUT2D eigenvalue weighted by molar-refractivity contribution is -0.385. The topological polar surface area (TPSA) is 67.6 Å². The fraction of sp³-hybridized carbons (Fsp3) is 0.538. The molecule has 1 heterocycles. The summed E-state index contributed by atoms with van der Waals surface area (Å²) in [6, 6.07) is 5.51. The average molecular weight is 265 g/mol. The quantitative estimate of drug-likeness (QED) is 0.649. The van der Waals surface area contributed by atoms with Crippen LogP contribution >= 0.6 is 0 Å². The Labute approximate surface area is 112 Å². The molecule has 0 aromatic heterocycles. The standard InChI is InChI=1S/C13H19N3O3/c1-3-19-12-6-4-5-11(13(12)16(17)18)15(2)10-7-8-14-9-10/h4-6,10,14H,3,7-9H2,1-2H3. The van der Waals surface area contributed by atoms with Gasteiger partial charge in [-0.2, -0.15) is 0 Å². The van der Waals surface area contributed by atoms with Crippen LogP contribution in [0.1, 0.15) is 13.3 Å². The molecule has 0 amide bonds. The Bertz CT molecular complexity index is 458. The number of nitro benzene ring substituents is 1. The van der Waals surface area contributed by atoms with Gasteiger partial charge in [0.1, 0.15) is 5.69 Å². The highest BCUT2D eigenvalue weighted by atomic mass is 16.6. The van der Waals surface area contributed by atoms with Gasteiger partial charge in [0.15, 0.2) is 5.75 Å². The molecule has 0 bridgehead atoms. The summed E-state index contributed by atoms with van der Waals surface area (Å²) in [5, 5.41) is 14.6. The van der Waals surface area contributed by atoms with E-state index in [0.717, 1.165) is 19.5 Å². The maximum Gasteiger partial charge on any atom is 0.333 e. The summed E-state index contributed by atoms with van der Waals surface area (Å²) < 4.78 is 5.37. The van der Waals surface area contributed by atoms with Crippen molar-refractivity contribution in [1.82, 2.24) is 5.32 Å². The number of hydrogen-bond donors (Lipinski definition) is 1. The minimum absolute atomic E-state index is 0.0544. The van der Waals surface area contributed by atoms with E-state index in [-0.39, 0.29) is 16.7 Å². The van der Waals surface area contributed by atoms with E-state index >= 15 is 0 Å². The first-order chi connectivity index (χ1) is 9.15. The monoisotopic (exact) mass is 265 g/mol. The minimum atomic E-state index is -0.362. The number of ether oxygens (including phenoxy) is 1. The van der Waals surface area contributed by atoms with Crippen molar-refractivity contribution >= 4 is 11.4 Å². The molecule has 1 saturated heterocycles. The van der Waals surface area contributed by atoms with Crippen molar-refractivity contribution in [1.29, 1.82) is 0 Å². The van der Waals surface area contributed by atoms with Crippen LogP contribution in [0.15, 0.2) is 18.2 Å². The number of anilines is 1. The zero-order valence-corrected chi connectivity index (χ0v) is 11.3. The van der Waals surface area contributed by atoms with Crippen molar-refractivity contribution in [3.05, 3.63) is 28.3 Å². The first-order valence-corrected chi connectivity index (χ1v) is 6.49. The molecule has 2 rings (SSSR count). The molecule has 6 nitrogen and oxygen atoms in total. The third kappa shape index (κ3) is 2.78. The molecular weight excluding hydrogens is 246 g/mol. The maximum atomic E-state index is 11.3. The Balaban J connectivity index is 2.37. The van der Waals surface area contributed by atoms with E-state index in [1.165, 1.54) is 0 Å². The molecule has 1 aromatic rings. The van der Waals surface area contributed by atoms with Crippen molar-refractivity contribution in [2.24, 2.45) is 0 Å². The van der Waals surface area contributed by atoms with Crippen LogP contribution in [0.5, 0.6) is 5.75 Å². The van der Waals surface area contributed by atoms with Crippen LogP contribution in [-0.4, -0.2) is 37.7 Å². The number of nitrogens with one attached hydrogen (secondary N) is 1. The second-order valence-electron chi connectivity index (χ2n) is 4.57. The Hall–Kier alpha value is -1.82. The summed E-state index contributed by atoms with van der Waals surface area (Å²) in [6.07, 6.45) is 0.993. The SMILES string of the molecule is CCOc1cccc(N(C)C2CCNC2)c1[N+](=O)[O-]. The van der Waals surface area contributed by atoms with Gasteiger partial charge in [-0.05, 0) is 32.0 Å². The first kappa shape index (κ1) is 13.6. The molecule has 19 heavy (non-hydrogen) atoms. The number of benzene rings is 1. The molecule has 0 radical (unpaired) electrons. The highest BCUT2D eigenvalue weighted by Gasteiger charge is 2.28. The summed E-state index contributed by atoms with van der Waals surface area (Å²) in [6.45, 7) is 4.04. The van der Waals surface area contributed by atoms with Gasteiger partial charge in [0, 0.05) is 19.6 Å². The molecule has 104 valence electrons. The number of likely N-dealkylation sites (N-methyl/N-ethyl adjacent to an activating group) is 1. The summed E-state index contributed by atoms with van der Waals surface area (Å²) in [7, 11) is 1.90. The lowest BCUT2D eigenvalue weighted by atomic mass is 10.1. The second-order valence-corrected chi connectivity index (χ2v) is 4.57. The first-order valence-electron chi connectivity index (χ1n) is 6.49. The molecule has 1 aromatic carbocycles. The molecule has 1 atom stereocenters. The van der Waals surface area contributed by atoms with E-state index in [2.05, 4.69) is 5.32 Å². The highest BCUT2D eigenvalue weighted by molar-refractivity contribution is 5.70. The summed E-state index contributed by atoms with van der Waals surface area (Å²) in [5.74, 6) is 0.336. The zero-order chi connectivity index (χ0) is 13.8. The molecule has 0 saturated carbocycles. The average Bonchev–Trinajstić information content (AvgIpc) is 2.91. The molecule has 1 aliphatic heterocycles. The molecule has 1 aliphatic rings. The third-order valence-electron chi connectivity index (χ3n) is 3.42. The molecule has 1 unspecified atom stereocenters. The fourth-order valence-corrected chi connectivity index (χ4v) is 2.42. The smallest absolute Gasteiger partial charge is 0.333 e. The largest absolute Gasteiger partial charge is 0.487 e. The van der Waals surface area contributed by atoms with Crippen LogP contribution in [0.3, 0.4) is 0 Å². The lowest BCUT2D eigenvalue weighted by Gasteiger charge is -2.26. The minimum Gasteiger partial charge on any atom is -0.487 e. The summed E-state index contributed by atoms with van der Waals surface area (Å²) >= 11 is 0. The molecule has 1 N–H and O–H groups in total. The molecule has 6 heteroatoms. The molecular formula is C13H19N3O3. The molecule has 0 aliphatic carbocycles. The van der Waals surface area contributed by atoms with E-state index in [9.17, 15) is 10.1 Å². The van der Waals surface area contributed by atoms with Gasteiger partial charge in [-0.3, -0.25) is 10.1 Å². The van der Waals surface area contributed by atoms with Crippen molar-refractivity contribution in [2.45, 2.75) is 19.4 Å². The molecule has 1 fully saturated rings. The highest BCUT2D eigenvalue weighted by Crippen LogP contribution is 2.37. The Morgan fingerprint density at radius 3 is 2.95 bits per heavy atom. The van der Waals surface area contributed by atoms with Gasteiger partial charge in [0.25, 0.3) is 0 Å². The molecule has 0 spiro atoms. The van der Waals surface area contributed by atoms with Crippen LogP contribution < -0.4 is 15.0 Å². The van der Waals surface area contributed by atoms with Crippen LogP contribution in [0, 0.1) is 10.1 Å². The Kier molecular flexibility index (Phi) is 4.21. The third-order valence-corrected chi connectivity index (χ3v) is 3.42. The van der Waals surface area contributed by atoms with E-state index in [4.69, 9.17) is 4.74 Å². The lowest BCUT2D eigenvalue weighted by Crippen LogP contribution is -2.33. The summed E-state index contributed by atoms with van der Waals surface area (Å²) in [4.78, 5) is 12.9. The number of hydrogen-bond acceptors (Lipinski definition) is 5. The predicted octanol–water partition coefficient (Wildman–Crippen LogP) is 1.79. The second kappa shape index (κ2) is 5.88. The van der Waals surface area contributed by atoms with Crippen molar-refractivity contribution in [2.75, 3.05) is 31.6 Å². The predicted molar refractivity (Wildman–Crippen MR) is 73.9 cm³/mol. The van der Waals surface area contributed by atoms with Gasteiger partial charge in [-0.1, -0.05) is 6.07 Å². The van der Waals surface area contributed by atoms with Crippen LogP contribution in [-0.2, 0) is 0 Å². The van der Waals surface area contributed by atoms with Gasteiger partial charge in [0.05, 0.1) is 11.5 Å². The number of rotatable bonds is 5. The number of para-hydroxylation sites is 1. The van der Waals surface area contributed by atoms with E-state index in [0.29, 0.717) is 18.0 Å². The zero-order valence-electron chi connectivity index (χ0n) is 11.3. The normalized spacial score (nSPS) is 18.3. The van der Waals surface area contributed by atoms with Crippen LogP contribution in [0.25, 0.3) is 0 Å². The summed E-state index contributed by atoms with van der Waals surface area (Å²) in [5.41, 5.74) is 0.670. The van der Waals surface area contributed by atoms with Gasteiger partial charge in [-0.25, -0.2) is 0 Å². The number of nitrogens with zero attached hydrogens (tertiary/aromatic N) is 2. The van der Waals surface area contributed by atoms with Gasteiger partial charge >= 0.3 is 5.69 Å². The van der Waals surface area contributed by atoms with Crippen LogP contribution in [0.4, 0.5) is 11.4 Å². The van der Waals surface area contributed by atoms with E-state index in [1.807, 2.05) is 18.9 Å². The van der Waals surface area contributed by atoms with Gasteiger partial charge in [0.2, 0.25) is 0 Å². The van der Waals surface area contributed by atoms with E-state index < -0.39 is 0 Å². The van der Waals surface area contributed by atoms with E-state index in [1.54, 1.807) is 18.2 Å². The van der Waals surface area contributed by atoms with Crippen molar-refractivity contribution in [3.63, 3.8) is 0 Å². The van der Waals surface area contributed by atoms with Crippen molar-refractivity contribution in [3.8, 4) is 5.75 Å². The number of nitro groups is 1. The van der Waals surface area contributed by atoms with Crippen LogP contribution in [0.2, 0.25) is 0 Å². The van der Waals surface area contributed by atoms with Crippen molar-refractivity contribution < 1.29 is 9.66 Å². The Morgan fingerprint density at radius 1 is 1.58 bits per heavy atom. The van der Waals surface area contributed by atoms with Gasteiger partial charge in [-0.15, -0.1) is 0 Å². The Morgan fingerprint density at radius 2 is 2.37 bits per heavy atom. The van der Waals surface area contributed by atoms with Gasteiger partial charge < -0.3 is 15.0 Å².